The lowest BCUT2D eigenvalue weighted by molar-refractivity contribution is 0.660. The smallest absolute Gasteiger partial charge is 0.160 e. The van der Waals surface area contributed by atoms with Gasteiger partial charge in [-0.2, -0.15) is 0 Å². The van der Waals surface area contributed by atoms with Gasteiger partial charge in [-0.1, -0.05) is 141 Å². The molecule has 12 rings (SSSR count). The number of nitrogens with zero attached hydrogens (tertiary/aromatic N) is 2. The standard InChI is InChI=1S/C55H38N2O/c1-55(2)48-21-11-8-18-42(48)43-31-30-41(33-49(43)55)56(38-16-4-3-5-17-38)39-27-25-36(26-28-39)46-34-47-44-19-10-13-23-51(44)58-54(47)53-52(46)45-20-9-12-22-50(45)57(53)40-29-24-35-14-6-7-15-37(35)32-40/h3-34H,1-2H3. The van der Waals surface area contributed by atoms with E-state index in [1.165, 1.54) is 49.4 Å². The Bertz CT molecular complexity index is 3420. The number of rotatable bonds is 5. The van der Waals surface area contributed by atoms with Gasteiger partial charge in [-0.15, -0.1) is 0 Å². The first-order valence-corrected chi connectivity index (χ1v) is 20.1. The first-order chi connectivity index (χ1) is 28.5. The number of para-hydroxylation sites is 3. The molecule has 2 heterocycles. The Morgan fingerprint density at radius 2 is 1.14 bits per heavy atom. The molecule has 0 radical (unpaired) electrons. The molecule has 3 heteroatoms. The van der Waals surface area contributed by atoms with Crippen molar-refractivity contribution in [3.05, 3.63) is 205 Å². The molecule has 3 nitrogen and oxygen atoms in total. The second-order valence-electron chi connectivity index (χ2n) is 16.1. The number of furan rings is 1. The first-order valence-electron chi connectivity index (χ1n) is 20.1. The lowest BCUT2D eigenvalue weighted by atomic mass is 9.82. The van der Waals surface area contributed by atoms with Crippen LogP contribution in [0.2, 0.25) is 0 Å². The molecule has 274 valence electrons. The maximum Gasteiger partial charge on any atom is 0.160 e. The minimum absolute atomic E-state index is 0.0958. The summed E-state index contributed by atoms with van der Waals surface area (Å²) < 4.78 is 9.23. The van der Waals surface area contributed by atoms with Gasteiger partial charge < -0.3 is 13.9 Å². The van der Waals surface area contributed by atoms with Gasteiger partial charge in [0.05, 0.1) is 11.0 Å². The molecule has 0 atom stereocenters. The van der Waals surface area contributed by atoms with E-state index < -0.39 is 0 Å². The van der Waals surface area contributed by atoms with Crippen molar-refractivity contribution in [2.75, 3.05) is 4.90 Å². The van der Waals surface area contributed by atoms with Crippen LogP contribution < -0.4 is 4.90 Å². The molecule has 11 aromatic rings. The second-order valence-corrected chi connectivity index (χ2v) is 16.1. The Balaban J connectivity index is 1.07. The minimum Gasteiger partial charge on any atom is -0.454 e. The zero-order valence-corrected chi connectivity index (χ0v) is 32.3. The summed E-state index contributed by atoms with van der Waals surface area (Å²) in [4.78, 5) is 2.39. The number of fused-ring (bicyclic) bond motifs is 11. The van der Waals surface area contributed by atoms with Gasteiger partial charge in [-0.3, -0.25) is 0 Å². The average molecular weight is 743 g/mol. The molecule has 1 aliphatic carbocycles. The summed E-state index contributed by atoms with van der Waals surface area (Å²) >= 11 is 0. The Morgan fingerprint density at radius 3 is 2.00 bits per heavy atom. The predicted molar refractivity (Wildman–Crippen MR) is 243 cm³/mol. The summed E-state index contributed by atoms with van der Waals surface area (Å²) in [5.41, 5.74) is 16.1. The van der Waals surface area contributed by atoms with Crippen LogP contribution >= 0.6 is 0 Å². The molecule has 9 aromatic carbocycles. The number of benzene rings is 9. The number of hydrogen-bond acceptors (Lipinski definition) is 2. The van der Waals surface area contributed by atoms with Crippen molar-refractivity contribution in [2.24, 2.45) is 0 Å². The molecule has 0 unspecified atom stereocenters. The average Bonchev–Trinajstić information content (AvgIpc) is 3.90. The fourth-order valence-corrected chi connectivity index (χ4v) is 9.79. The van der Waals surface area contributed by atoms with Crippen LogP contribution in [0.4, 0.5) is 17.1 Å². The van der Waals surface area contributed by atoms with Crippen molar-refractivity contribution in [3.63, 3.8) is 0 Å². The monoisotopic (exact) mass is 742 g/mol. The molecule has 0 spiro atoms. The van der Waals surface area contributed by atoms with Gasteiger partial charge in [0.1, 0.15) is 5.58 Å². The van der Waals surface area contributed by atoms with Crippen molar-refractivity contribution in [1.29, 1.82) is 0 Å². The molecule has 0 saturated heterocycles. The van der Waals surface area contributed by atoms with Gasteiger partial charge in [-0.25, -0.2) is 0 Å². The quantitative estimate of drug-likeness (QED) is 0.175. The van der Waals surface area contributed by atoms with Crippen LogP contribution in [-0.2, 0) is 5.41 Å². The van der Waals surface area contributed by atoms with Crippen molar-refractivity contribution in [3.8, 4) is 27.9 Å². The van der Waals surface area contributed by atoms with Crippen LogP contribution in [0.5, 0.6) is 0 Å². The fraction of sp³-hybridized carbons (Fsp3) is 0.0545. The summed E-state index contributed by atoms with van der Waals surface area (Å²) in [6.45, 7) is 4.70. The highest BCUT2D eigenvalue weighted by molar-refractivity contribution is 6.26. The van der Waals surface area contributed by atoms with E-state index in [-0.39, 0.29) is 5.41 Å². The third-order valence-electron chi connectivity index (χ3n) is 12.5. The Labute approximate surface area is 336 Å². The lowest BCUT2D eigenvalue weighted by Crippen LogP contribution is -2.16. The molecule has 58 heavy (non-hydrogen) atoms. The van der Waals surface area contributed by atoms with Crippen molar-refractivity contribution < 1.29 is 4.42 Å². The summed E-state index contributed by atoms with van der Waals surface area (Å²) in [6.07, 6.45) is 0. The molecular weight excluding hydrogens is 705 g/mol. The van der Waals surface area contributed by atoms with E-state index in [2.05, 4.69) is 217 Å². The Hall–Kier alpha value is -7.36. The molecule has 0 amide bonds. The summed E-state index contributed by atoms with van der Waals surface area (Å²) in [6, 6.07) is 70.6. The fourth-order valence-electron chi connectivity index (χ4n) is 9.79. The van der Waals surface area contributed by atoms with Gasteiger partial charge in [-0.05, 0) is 111 Å². The van der Waals surface area contributed by atoms with Crippen molar-refractivity contribution >= 4 is 71.6 Å². The zero-order valence-electron chi connectivity index (χ0n) is 32.3. The second kappa shape index (κ2) is 12.3. The maximum atomic E-state index is 6.82. The molecule has 2 aromatic heterocycles. The third-order valence-corrected chi connectivity index (χ3v) is 12.5. The SMILES string of the molecule is CC1(C)c2ccccc2-c2ccc(N(c3ccccc3)c3ccc(-c4cc5c6ccccc6oc5c5c4c4ccccc4n5-c4ccc5ccccc5c4)cc3)cc21. The van der Waals surface area contributed by atoms with Crippen LogP contribution in [0.25, 0.3) is 82.5 Å². The number of anilines is 3. The van der Waals surface area contributed by atoms with E-state index in [0.717, 1.165) is 61.3 Å². The van der Waals surface area contributed by atoms with Crippen LogP contribution in [0, 0.1) is 0 Å². The van der Waals surface area contributed by atoms with E-state index in [1.54, 1.807) is 0 Å². The molecular formula is C55H38N2O. The Kier molecular flexibility index (Phi) is 6.98. The highest BCUT2D eigenvalue weighted by Crippen LogP contribution is 2.51. The highest BCUT2D eigenvalue weighted by Gasteiger charge is 2.35. The van der Waals surface area contributed by atoms with Crippen LogP contribution in [0.3, 0.4) is 0 Å². The van der Waals surface area contributed by atoms with E-state index >= 15 is 0 Å². The molecule has 0 fully saturated rings. The number of hydrogen-bond donors (Lipinski definition) is 0. The zero-order chi connectivity index (χ0) is 38.5. The van der Waals surface area contributed by atoms with Gasteiger partial charge in [0.25, 0.3) is 0 Å². The van der Waals surface area contributed by atoms with E-state index in [4.69, 9.17) is 4.42 Å². The molecule has 0 bridgehead atoms. The predicted octanol–water partition coefficient (Wildman–Crippen LogP) is 15.3. The third kappa shape index (κ3) is 4.74. The first kappa shape index (κ1) is 32.8. The minimum atomic E-state index is -0.0958. The normalized spacial score (nSPS) is 13.1. The van der Waals surface area contributed by atoms with E-state index in [9.17, 15) is 0 Å². The van der Waals surface area contributed by atoms with Gasteiger partial charge in [0.2, 0.25) is 0 Å². The lowest BCUT2D eigenvalue weighted by Gasteiger charge is -2.28. The van der Waals surface area contributed by atoms with E-state index in [1.807, 2.05) is 0 Å². The summed E-state index contributed by atoms with van der Waals surface area (Å²) in [5.74, 6) is 0. The van der Waals surface area contributed by atoms with Gasteiger partial charge in [0.15, 0.2) is 5.58 Å². The van der Waals surface area contributed by atoms with Crippen LogP contribution in [0.1, 0.15) is 25.0 Å². The molecule has 0 N–H and O–H groups in total. The molecule has 0 aliphatic heterocycles. The van der Waals surface area contributed by atoms with Gasteiger partial charge >= 0.3 is 0 Å². The topological polar surface area (TPSA) is 21.3 Å². The highest BCUT2D eigenvalue weighted by atomic mass is 16.3. The molecule has 0 saturated carbocycles. The van der Waals surface area contributed by atoms with Crippen LogP contribution in [0.15, 0.2) is 199 Å². The summed E-state index contributed by atoms with van der Waals surface area (Å²) in [5, 5.41) is 7.03. The van der Waals surface area contributed by atoms with Crippen molar-refractivity contribution in [1.82, 2.24) is 4.57 Å². The summed E-state index contributed by atoms with van der Waals surface area (Å²) in [7, 11) is 0. The Morgan fingerprint density at radius 1 is 0.466 bits per heavy atom. The molecule has 1 aliphatic rings. The number of aromatic nitrogens is 1. The largest absolute Gasteiger partial charge is 0.454 e. The van der Waals surface area contributed by atoms with Gasteiger partial charge in [0, 0.05) is 49.7 Å². The van der Waals surface area contributed by atoms with E-state index in [0.29, 0.717) is 0 Å². The maximum absolute atomic E-state index is 6.82. The van der Waals surface area contributed by atoms with Crippen LogP contribution in [-0.4, -0.2) is 4.57 Å². The van der Waals surface area contributed by atoms with Crippen molar-refractivity contribution in [2.45, 2.75) is 19.3 Å².